The first kappa shape index (κ1) is 14.5. The molecule has 0 atom stereocenters. The Morgan fingerprint density at radius 1 is 1.40 bits per heavy atom. The van der Waals surface area contributed by atoms with E-state index in [1.165, 1.54) is 4.88 Å². The Morgan fingerprint density at radius 2 is 2.30 bits per heavy atom. The third-order valence-electron chi connectivity index (χ3n) is 2.79. The zero-order valence-electron chi connectivity index (χ0n) is 11.5. The summed E-state index contributed by atoms with van der Waals surface area (Å²) in [6.07, 6.45) is 2.98. The lowest BCUT2D eigenvalue weighted by molar-refractivity contribution is -0.121. The third kappa shape index (κ3) is 4.35. The molecule has 0 spiro atoms. The molecule has 2 aromatic rings. The molecule has 106 valence electrons. The van der Waals surface area contributed by atoms with Gasteiger partial charge >= 0.3 is 0 Å². The zero-order valence-corrected chi connectivity index (χ0v) is 12.3. The molecule has 0 radical (unpaired) electrons. The van der Waals surface area contributed by atoms with Crippen molar-refractivity contribution in [2.24, 2.45) is 0 Å². The number of pyridine rings is 1. The highest BCUT2D eigenvalue weighted by molar-refractivity contribution is 7.09. The molecule has 0 saturated heterocycles. The maximum Gasteiger partial charge on any atom is 0.220 e. The number of carbonyl (C=O) groups is 1. The first-order valence-electron chi connectivity index (χ1n) is 6.65. The summed E-state index contributed by atoms with van der Waals surface area (Å²) in [7, 11) is 0. The number of aromatic nitrogens is 1. The van der Waals surface area contributed by atoms with E-state index in [2.05, 4.69) is 10.3 Å². The van der Waals surface area contributed by atoms with Gasteiger partial charge in [-0.15, -0.1) is 11.3 Å². The van der Waals surface area contributed by atoms with Crippen LogP contribution in [0.2, 0.25) is 0 Å². The second-order valence-corrected chi connectivity index (χ2v) is 5.29. The number of hydrogen-bond acceptors (Lipinski definition) is 4. The summed E-state index contributed by atoms with van der Waals surface area (Å²) in [5.41, 5.74) is 0.902. The average molecular weight is 290 g/mol. The summed E-state index contributed by atoms with van der Waals surface area (Å²) in [4.78, 5) is 17.2. The van der Waals surface area contributed by atoms with Gasteiger partial charge in [0.05, 0.1) is 6.61 Å². The summed E-state index contributed by atoms with van der Waals surface area (Å²) >= 11 is 1.68. The predicted octanol–water partition coefficient (Wildman–Crippen LogP) is 2.79. The summed E-state index contributed by atoms with van der Waals surface area (Å²) in [6, 6.07) is 7.81. The molecule has 2 rings (SSSR count). The van der Waals surface area contributed by atoms with Crippen molar-refractivity contribution in [1.82, 2.24) is 10.3 Å². The van der Waals surface area contributed by atoms with Crippen LogP contribution in [0.5, 0.6) is 5.88 Å². The van der Waals surface area contributed by atoms with Crippen molar-refractivity contribution >= 4 is 17.2 Å². The Morgan fingerprint density at radius 3 is 3.05 bits per heavy atom. The third-order valence-corrected chi connectivity index (χ3v) is 3.72. The molecule has 2 aromatic heterocycles. The highest BCUT2D eigenvalue weighted by Gasteiger charge is 2.07. The van der Waals surface area contributed by atoms with Crippen molar-refractivity contribution in [1.29, 1.82) is 0 Å². The van der Waals surface area contributed by atoms with Crippen LogP contribution in [0.15, 0.2) is 35.8 Å². The van der Waals surface area contributed by atoms with Gasteiger partial charge in [0.1, 0.15) is 0 Å². The second kappa shape index (κ2) is 7.65. The van der Waals surface area contributed by atoms with Gasteiger partial charge in [-0.1, -0.05) is 12.1 Å². The molecule has 0 unspecified atom stereocenters. The lowest BCUT2D eigenvalue weighted by Crippen LogP contribution is -2.23. The van der Waals surface area contributed by atoms with Gasteiger partial charge < -0.3 is 10.1 Å². The number of ether oxygens (including phenoxy) is 1. The van der Waals surface area contributed by atoms with Crippen LogP contribution in [0.1, 0.15) is 23.8 Å². The fourth-order valence-corrected chi connectivity index (χ4v) is 2.51. The summed E-state index contributed by atoms with van der Waals surface area (Å²) in [6.45, 7) is 2.93. The van der Waals surface area contributed by atoms with Crippen molar-refractivity contribution < 1.29 is 9.53 Å². The van der Waals surface area contributed by atoms with Crippen LogP contribution in [0.3, 0.4) is 0 Å². The Balaban J connectivity index is 1.81. The molecular weight excluding hydrogens is 272 g/mol. The molecule has 0 aliphatic carbocycles. The minimum absolute atomic E-state index is 0.0460. The normalized spacial score (nSPS) is 10.2. The molecule has 0 aliphatic heterocycles. The maximum absolute atomic E-state index is 11.8. The number of aryl methyl sites for hydroxylation is 1. The molecule has 5 heteroatoms. The summed E-state index contributed by atoms with van der Waals surface area (Å²) < 4.78 is 5.43. The fourth-order valence-electron chi connectivity index (χ4n) is 1.80. The molecule has 20 heavy (non-hydrogen) atoms. The average Bonchev–Trinajstić information content (AvgIpc) is 2.98. The quantitative estimate of drug-likeness (QED) is 0.853. The van der Waals surface area contributed by atoms with Gasteiger partial charge in [0, 0.05) is 29.6 Å². The van der Waals surface area contributed by atoms with Gasteiger partial charge in [-0.2, -0.15) is 0 Å². The maximum atomic E-state index is 11.8. The molecule has 0 aromatic carbocycles. The van der Waals surface area contributed by atoms with E-state index in [-0.39, 0.29) is 5.91 Å². The van der Waals surface area contributed by atoms with E-state index in [1.54, 1.807) is 17.5 Å². The zero-order chi connectivity index (χ0) is 14.2. The van der Waals surface area contributed by atoms with Crippen LogP contribution in [0, 0.1) is 0 Å². The lowest BCUT2D eigenvalue weighted by Gasteiger charge is -2.09. The number of amides is 1. The van der Waals surface area contributed by atoms with Crippen LogP contribution in [-0.2, 0) is 17.8 Å². The Labute approximate surface area is 122 Å². The van der Waals surface area contributed by atoms with E-state index in [4.69, 9.17) is 4.74 Å². The van der Waals surface area contributed by atoms with E-state index in [9.17, 15) is 4.79 Å². The summed E-state index contributed by atoms with van der Waals surface area (Å²) in [5, 5.41) is 4.93. The standard InChI is InChI=1S/C15H18N2O2S/c1-2-19-15-12(5-3-9-16-15)11-17-14(18)8-7-13-6-4-10-20-13/h3-6,9-10H,2,7-8,11H2,1H3,(H,17,18). The van der Waals surface area contributed by atoms with Crippen molar-refractivity contribution in [3.63, 3.8) is 0 Å². The van der Waals surface area contributed by atoms with Gasteiger partial charge in [-0.25, -0.2) is 4.98 Å². The number of carbonyl (C=O) groups excluding carboxylic acids is 1. The SMILES string of the molecule is CCOc1ncccc1CNC(=O)CCc1cccs1. The molecule has 0 fully saturated rings. The number of thiophene rings is 1. The van der Waals surface area contributed by atoms with Crippen molar-refractivity contribution in [3.8, 4) is 5.88 Å². The topological polar surface area (TPSA) is 51.2 Å². The van der Waals surface area contributed by atoms with Gasteiger partial charge in [0.15, 0.2) is 0 Å². The van der Waals surface area contributed by atoms with E-state index < -0.39 is 0 Å². The van der Waals surface area contributed by atoms with E-state index >= 15 is 0 Å². The Bertz CT molecular complexity index is 541. The largest absolute Gasteiger partial charge is 0.478 e. The molecule has 2 heterocycles. The van der Waals surface area contributed by atoms with Gasteiger partial charge in [0.2, 0.25) is 11.8 Å². The smallest absolute Gasteiger partial charge is 0.220 e. The molecule has 0 saturated carbocycles. The molecule has 1 N–H and O–H groups in total. The molecule has 0 aliphatic rings. The van der Waals surface area contributed by atoms with Crippen molar-refractivity contribution in [3.05, 3.63) is 46.3 Å². The molecule has 1 amide bonds. The van der Waals surface area contributed by atoms with Crippen LogP contribution >= 0.6 is 11.3 Å². The second-order valence-electron chi connectivity index (χ2n) is 4.26. The number of nitrogens with one attached hydrogen (secondary N) is 1. The molecular formula is C15H18N2O2S. The van der Waals surface area contributed by atoms with Gasteiger partial charge in [-0.05, 0) is 30.9 Å². The van der Waals surface area contributed by atoms with Crippen LogP contribution in [-0.4, -0.2) is 17.5 Å². The van der Waals surface area contributed by atoms with Crippen LogP contribution < -0.4 is 10.1 Å². The van der Waals surface area contributed by atoms with Gasteiger partial charge in [0.25, 0.3) is 0 Å². The van der Waals surface area contributed by atoms with Crippen LogP contribution in [0.25, 0.3) is 0 Å². The van der Waals surface area contributed by atoms with E-state index in [0.29, 0.717) is 25.5 Å². The lowest BCUT2D eigenvalue weighted by atomic mass is 10.2. The van der Waals surface area contributed by atoms with E-state index in [0.717, 1.165) is 12.0 Å². The van der Waals surface area contributed by atoms with Crippen LogP contribution in [0.4, 0.5) is 0 Å². The van der Waals surface area contributed by atoms with E-state index in [1.807, 2.05) is 36.6 Å². The molecule has 0 bridgehead atoms. The minimum atomic E-state index is 0.0460. The highest BCUT2D eigenvalue weighted by Crippen LogP contribution is 2.14. The van der Waals surface area contributed by atoms with Crippen molar-refractivity contribution in [2.75, 3.05) is 6.61 Å². The minimum Gasteiger partial charge on any atom is -0.478 e. The Kier molecular flexibility index (Phi) is 5.55. The summed E-state index contributed by atoms with van der Waals surface area (Å²) in [5.74, 6) is 0.637. The number of hydrogen-bond donors (Lipinski definition) is 1. The van der Waals surface area contributed by atoms with Gasteiger partial charge in [-0.3, -0.25) is 4.79 Å². The first-order chi connectivity index (χ1) is 9.79. The monoisotopic (exact) mass is 290 g/mol. The Hall–Kier alpha value is -1.88. The molecule has 4 nitrogen and oxygen atoms in total. The van der Waals surface area contributed by atoms with Crippen molar-refractivity contribution in [2.45, 2.75) is 26.3 Å². The number of rotatable bonds is 7. The number of nitrogens with zero attached hydrogens (tertiary/aromatic N) is 1. The fraction of sp³-hybridized carbons (Fsp3) is 0.333. The highest BCUT2D eigenvalue weighted by atomic mass is 32.1. The first-order valence-corrected chi connectivity index (χ1v) is 7.53. The predicted molar refractivity (Wildman–Crippen MR) is 79.9 cm³/mol.